The Morgan fingerprint density at radius 2 is 2.22 bits per heavy atom. The van der Waals surface area contributed by atoms with Gasteiger partial charge in [-0.25, -0.2) is 0 Å². The zero-order valence-electron chi connectivity index (χ0n) is 11.5. The number of aromatic nitrogens is 1. The van der Waals surface area contributed by atoms with Crippen LogP contribution >= 0.6 is 0 Å². The molecule has 2 heterocycles. The molecule has 1 aromatic heterocycles. The molecule has 1 unspecified atom stereocenters. The van der Waals surface area contributed by atoms with Crippen molar-refractivity contribution in [2.45, 2.75) is 45.8 Å². The van der Waals surface area contributed by atoms with E-state index in [-0.39, 0.29) is 0 Å². The number of rotatable bonds is 2. The third kappa shape index (κ3) is 2.82. The Morgan fingerprint density at radius 3 is 2.89 bits per heavy atom. The highest BCUT2D eigenvalue weighted by Crippen LogP contribution is 2.24. The van der Waals surface area contributed by atoms with Gasteiger partial charge >= 0.3 is 0 Å². The van der Waals surface area contributed by atoms with Gasteiger partial charge in [0.05, 0.1) is 11.3 Å². The second-order valence-electron chi connectivity index (χ2n) is 5.74. The normalized spacial score (nSPS) is 25.3. The van der Waals surface area contributed by atoms with Gasteiger partial charge in [-0.2, -0.15) is 0 Å². The lowest BCUT2D eigenvalue weighted by Crippen LogP contribution is -2.45. The molecule has 1 aliphatic heterocycles. The SMILES string of the molecule is Cc1cnc(CN2CCCC(C)(O)C2)c(C)c1N. The second-order valence-corrected chi connectivity index (χ2v) is 5.74. The third-order valence-corrected chi connectivity index (χ3v) is 3.80. The van der Waals surface area contributed by atoms with E-state index in [0.717, 1.165) is 48.4 Å². The van der Waals surface area contributed by atoms with Gasteiger partial charge in [0.1, 0.15) is 0 Å². The molecule has 18 heavy (non-hydrogen) atoms. The minimum atomic E-state index is -0.567. The number of β-amino-alcohol motifs (C(OH)–C–C–N with tert-alkyl or cyclic N) is 1. The number of pyridine rings is 1. The van der Waals surface area contributed by atoms with Crippen LogP contribution < -0.4 is 5.73 Å². The number of likely N-dealkylation sites (tertiary alicyclic amines) is 1. The lowest BCUT2D eigenvalue weighted by molar-refractivity contribution is -0.0185. The van der Waals surface area contributed by atoms with E-state index in [4.69, 9.17) is 5.73 Å². The Bertz CT molecular complexity index is 443. The maximum Gasteiger partial charge on any atom is 0.0746 e. The van der Waals surface area contributed by atoms with E-state index >= 15 is 0 Å². The van der Waals surface area contributed by atoms with E-state index in [1.165, 1.54) is 0 Å². The van der Waals surface area contributed by atoms with Crippen LogP contribution in [0.1, 0.15) is 36.6 Å². The molecule has 0 bridgehead atoms. The van der Waals surface area contributed by atoms with Gasteiger partial charge < -0.3 is 10.8 Å². The van der Waals surface area contributed by atoms with Crippen LogP contribution in [0.3, 0.4) is 0 Å². The van der Waals surface area contributed by atoms with E-state index in [1.54, 1.807) is 0 Å². The van der Waals surface area contributed by atoms with Crippen molar-refractivity contribution < 1.29 is 5.11 Å². The summed E-state index contributed by atoms with van der Waals surface area (Å²) in [5.41, 5.74) is 9.43. The summed E-state index contributed by atoms with van der Waals surface area (Å²) in [6.07, 6.45) is 3.75. The quantitative estimate of drug-likeness (QED) is 0.836. The minimum Gasteiger partial charge on any atom is -0.398 e. The molecule has 100 valence electrons. The van der Waals surface area contributed by atoms with Crippen molar-refractivity contribution in [3.8, 4) is 0 Å². The highest BCUT2D eigenvalue weighted by molar-refractivity contribution is 5.53. The van der Waals surface area contributed by atoms with Crippen molar-refractivity contribution in [2.24, 2.45) is 0 Å². The highest BCUT2D eigenvalue weighted by atomic mass is 16.3. The monoisotopic (exact) mass is 249 g/mol. The smallest absolute Gasteiger partial charge is 0.0746 e. The number of anilines is 1. The fourth-order valence-electron chi connectivity index (χ4n) is 2.62. The molecular formula is C14H23N3O. The predicted octanol–water partition coefficient (Wildman–Crippen LogP) is 1.63. The topological polar surface area (TPSA) is 62.4 Å². The number of aryl methyl sites for hydroxylation is 1. The first-order valence-corrected chi connectivity index (χ1v) is 6.54. The number of hydrogen-bond acceptors (Lipinski definition) is 4. The van der Waals surface area contributed by atoms with Gasteiger partial charge in [-0.15, -0.1) is 0 Å². The zero-order valence-corrected chi connectivity index (χ0v) is 11.5. The fraction of sp³-hybridized carbons (Fsp3) is 0.643. The van der Waals surface area contributed by atoms with E-state index in [2.05, 4.69) is 9.88 Å². The Balaban J connectivity index is 2.12. The largest absolute Gasteiger partial charge is 0.398 e. The average Bonchev–Trinajstić information content (AvgIpc) is 2.29. The summed E-state index contributed by atoms with van der Waals surface area (Å²) in [5, 5.41) is 10.1. The van der Waals surface area contributed by atoms with Crippen LogP contribution in [0.25, 0.3) is 0 Å². The molecule has 1 aliphatic rings. The summed E-state index contributed by atoms with van der Waals surface area (Å²) < 4.78 is 0. The van der Waals surface area contributed by atoms with Crippen molar-refractivity contribution in [3.63, 3.8) is 0 Å². The van der Waals surface area contributed by atoms with Crippen LogP contribution in [-0.4, -0.2) is 33.7 Å². The molecule has 1 atom stereocenters. The fourth-order valence-corrected chi connectivity index (χ4v) is 2.62. The molecule has 3 N–H and O–H groups in total. The Kier molecular flexibility index (Phi) is 3.59. The van der Waals surface area contributed by atoms with E-state index < -0.39 is 5.60 Å². The maximum atomic E-state index is 10.1. The minimum absolute atomic E-state index is 0.567. The van der Waals surface area contributed by atoms with Crippen molar-refractivity contribution in [3.05, 3.63) is 23.0 Å². The van der Waals surface area contributed by atoms with Crippen molar-refractivity contribution in [1.29, 1.82) is 0 Å². The number of piperidine rings is 1. The Labute approximate surface area is 109 Å². The first kappa shape index (κ1) is 13.3. The molecule has 4 heteroatoms. The lowest BCUT2D eigenvalue weighted by atomic mass is 9.95. The first-order valence-electron chi connectivity index (χ1n) is 6.54. The van der Waals surface area contributed by atoms with Crippen molar-refractivity contribution >= 4 is 5.69 Å². The summed E-state index contributed by atoms with van der Waals surface area (Å²) in [6.45, 7) is 8.40. The summed E-state index contributed by atoms with van der Waals surface area (Å²) in [5.74, 6) is 0. The molecule has 4 nitrogen and oxygen atoms in total. The molecule has 0 aliphatic carbocycles. The average molecular weight is 249 g/mol. The zero-order chi connectivity index (χ0) is 13.3. The number of aliphatic hydroxyl groups is 1. The predicted molar refractivity (Wildman–Crippen MR) is 73.3 cm³/mol. The summed E-state index contributed by atoms with van der Waals surface area (Å²) in [7, 11) is 0. The van der Waals surface area contributed by atoms with Crippen LogP contribution in [-0.2, 0) is 6.54 Å². The molecule has 1 saturated heterocycles. The molecular weight excluding hydrogens is 226 g/mol. The number of hydrogen-bond donors (Lipinski definition) is 2. The molecule has 2 rings (SSSR count). The molecule has 0 radical (unpaired) electrons. The molecule has 1 fully saturated rings. The van der Waals surface area contributed by atoms with Gasteiger partial charge in [0, 0.05) is 25.0 Å². The number of nitrogens with zero attached hydrogens (tertiary/aromatic N) is 2. The van der Waals surface area contributed by atoms with Crippen LogP contribution in [0.15, 0.2) is 6.20 Å². The Morgan fingerprint density at radius 1 is 1.50 bits per heavy atom. The molecule has 0 amide bonds. The first-order chi connectivity index (χ1) is 8.39. The molecule has 1 aromatic rings. The van der Waals surface area contributed by atoms with Crippen LogP contribution in [0.2, 0.25) is 0 Å². The van der Waals surface area contributed by atoms with Gasteiger partial charge in [-0.3, -0.25) is 9.88 Å². The van der Waals surface area contributed by atoms with Gasteiger partial charge in [0.2, 0.25) is 0 Å². The van der Waals surface area contributed by atoms with Gasteiger partial charge in [0.15, 0.2) is 0 Å². The van der Waals surface area contributed by atoms with Crippen LogP contribution in [0, 0.1) is 13.8 Å². The van der Waals surface area contributed by atoms with E-state index in [0.29, 0.717) is 6.54 Å². The van der Waals surface area contributed by atoms with Crippen LogP contribution in [0.4, 0.5) is 5.69 Å². The summed E-state index contributed by atoms with van der Waals surface area (Å²) in [4.78, 5) is 6.73. The molecule has 0 saturated carbocycles. The van der Waals surface area contributed by atoms with E-state index in [9.17, 15) is 5.11 Å². The highest BCUT2D eigenvalue weighted by Gasteiger charge is 2.28. The Hall–Kier alpha value is -1.13. The summed E-state index contributed by atoms with van der Waals surface area (Å²) >= 11 is 0. The van der Waals surface area contributed by atoms with Gasteiger partial charge in [0.25, 0.3) is 0 Å². The lowest BCUT2D eigenvalue weighted by Gasteiger charge is -2.36. The standard InChI is InChI=1S/C14H23N3O/c1-10-7-16-12(11(2)13(10)15)8-17-6-4-5-14(3,18)9-17/h7,18H,4-6,8-9H2,1-3H3,(H2,15,16). The van der Waals surface area contributed by atoms with Crippen LogP contribution in [0.5, 0.6) is 0 Å². The number of nitrogen functional groups attached to an aromatic ring is 1. The van der Waals surface area contributed by atoms with E-state index in [1.807, 2.05) is 27.0 Å². The van der Waals surface area contributed by atoms with Crippen molar-refractivity contribution in [1.82, 2.24) is 9.88 Å². The number of nitrogens with two attached hydrogens (primary N) is 1. The third-order valence-electron chi connectivity index (χ3n) is 3.80. The molecule has 0 aromatic carbocycles. The van der Waals surface area contributed by atoms with Gasteiger partial charge in [-0.05, 0) is 51.3 Å². The molecule has 0 spiro atoms. The second kappa shape index (κ2) is 4.86. The maximum absolute atomic E-state index is 10.1. The van der Waals surface area contributed by atoms with Gasteiger partial charge in [-0.1, -0.05) is 0 Å². The van der Waals surface area contributed by atoms with Crippen molar-refractivity contribution in [2.75, 3.05) is 18.8 Å². The summed E-state index contributed by atoms with van der Waals surface area (Å²) in [6, 6.07) is 0.